The van der Waals surface area contributed by atoms with Gasteiger partial charge in [-0.05, 0) is 31.1 Å². The molecule has 6 nitrogen and oxygen atoms in total. The summed E-state index contributed by atoms with van der Waals surface area (Å²) in [6.07, 6.45) is 7.03. The first kappa shape index (κ1) is 16.0. The predicted molar refractivity (Wildman–Crippen MR) is 88.7 cm³/mol. The van der Waals surface area contributed by atoms with Gasteiger partial charge in [-0.1, -0.05) is 19.1 Å². The Labute approximate surface area is 137 Å². The van der Waals surface area contributed by atoms with E-state index in [9.17, 15) is 9.59 Å². The minimum atomic E-state index is -0.0792. The van der Waals surface area contributed by atoms with Crippen molar-refractivity contribution in [2.45, 2.75) is 26.2 Å². The standard InChI is InChI=1S/C17H26N4O2/c1-3-7-19-17(18-2)20-8-4-9-21-15(22)13-11-5-6-12(10-11)14(13)16(21)23/h5-6,11-14H,3-4,7-10H2,1-2H3,(H2,18,19,20). The molecule has 126 valence electrons. The summed E-state index contributed by atoms with van der Waals surface area (Å²) in [5, 5.41) is 6.42. The number of fused-ring (bicyclic) bond motifs is 5. The summed E-state index contributed by atoms with van der Waals surface area (Å²) >= 11 is 0. The maximum absolute atomic E-state index is 12.5. The fourth-order valence-electron chi connectivity index (χ4n) is 4.09. The first-order valence-corrected chi connectivity index (χ1v) is 8.65. The zero-order valence-corrected chi connectivity index (χ0v) is 13.9. The fourth-order valence-corrected chi connectivity index (χ4v) is 4.09. The number of nitrogens with zero attached hydrogens (tertiary/aromatic N) is 2. The number of nitrogens with one attached hydrogen (secondary N) is 2. The molecule has 2 N–H and O–H groups in total. The van der Waals surface area contributed by atoms with E-state index in [4.69, 9.17) is 0 Å². The van der Waals surface area contributed by atoms with Gasteiger partial charge in [0.1, 0.15) is 0 Å². The van der Waals surface area contributed by atoms with Crippen molar-refractivity contribution in [1.29, 1.82) is 0 Å². The molecule has 0 aromatic rings. The number of guanidine groups is 1. The summed E-state index contributed by atoms with van der Waals surface area (Å²) in [6, 6.07) is 0. The molecule has 2 bridgehead atoms. The number of aliphatic imine (C=N–C) groups is 1. The molecule has 3 aliphatic rings. The van der Waals surface area contributed by atoms with Gasteiger partial charge in [0, 0.05) is 26.7 Å². The lowest BCUT2D eigenvalue weighted by atomic mass is 9.85. The minimum Gasteiger partial charge on any atom is -0.356 e. The van der Waals surface area contributed by atoms with Crippen LogP contribution in [0.1, 0.15) is 26.2 Å². The van der Waals surface area contributed by atoms with Crippen LogP contribution in [0, 0.1) is 23.7 Å². The predicted octanol–water partition coefficient (Wildman–Crippen LogP) is 0.759. The van der Waals surface area contributed by atoms with Gasteiger partial charge < -0.3 is 10.6 Å². The van der Waals surface area contributed by atoms with E-state index in [1.54, 1.807) is 7.05 Å². The molecular weight excluding hydrogens is 292 g/mol. The van der Waals surface area contributed by atoms with E-state index in [-0.39, 0.29) is 23.7 Å². The number of allylic oxidation sites excluding steroid dienone is 2. The molecule has 23 heavy (non-hydrogen) atoms. The van der Waals surface area contributed by atoms with E-state index in [0.29, 0.717) is 24.9 Å². The van der Waals surface area contributed by atoms with Crippen LogP contribution < -0.4 is 10.6 Å². The highest BCUT2D eigenvalue weighted by Crippen LogP contribution is 2.52. The summed E-state index contributed by atoms with van der Waals surface area (Å²) in [5.74, 6) is 1.29. The lowest BCUT2D eigenvalue weighted by Gasteiger charge is -2.17. The molecule has 1 saturated carbocycles. The summed E-state index contributed by atoms with van der Waals surface area (Å²) in [5.41, 5.74) is 0. The highest BCUT2D eigenvalue weighted by atomic mass is 16.2. The van der Waals surface area contributed by atoms with Crippen molar-refractivity contribution >= 4 is 17.8 Å². The Morgan fingerprint density at radius 2 is 1.78 bits per heavy atom. The largest absolute Gasteiger partial charge is 0.356 e. The summed E-state index contributed by atoms with van der Waals surface area (Å²) in [7, 11) is 1.74. The number of hydrogen-bond acceptors (Lipinski definition) is 3. The third kappa shape index (κ3) is 2.86. The summed E-state index contributed by atoms with van der Waals surface area (Å²) in [6.45, 7) is 4.18. The van der Waals surface area contributed by atoms with E-state index in [1.165, 1.54) is 4.90 Å². The number of imide groups is 1. The van der Waals surface area contributed by atoms with Crippen molar-refractivity contribution in [1.82, 2.24) is 15.5 Å². The molecule has 4 atom stereocenters. The Kier molecular flexibility index (Phi) is 4.68. The van der Waals surface area contributed by atoms with Gasteiger partial charge in [0.15, 0.2) is 5.96 Å². The molecule has 2 fully saturated rings. The van der Waals surface area contributed by atoms with Crippen molar-refractivity contribution in [3.63, 3.8) is 0 Å². The molecule has 6 heteroatoms. The average molecular weight is 318 g/mol. The molecule has 0 radical (unpaired) electrons. The Morgan fingerprint density at radius 3 is 2.35 bits per heavy atom. The smallest absolute Gasteiger partial charge is 0.233 e. The third-order valence-corrected chi connectivity index (χ3v) is 5.18. The van der Waals surface area contributed by atoms with Crippen LogP contribution in [-0.2, 0) is 9.59 Å². The monoisotopic (exact) mass is 318 g/mol. The van der Waals surface area contributed by atoms with E-state index >= 15 is 0 Å². The molecular formula is C17H26N4O2. The van der Waals surface area contributed by atoms with E-state index in [1.807, 2.05) is 0 Å². The number of carbonyl (C=O) groups is 2. The average Bonchev–Trinajstić information content (AvgIpc) is 3.23. The fraction of sp³-hybridized carbons (Fsp3) is 0.706. The van der Waals surface area contributed by atoms with Crippen molar-refractivity contribution in [2.75, 3.05) is 26.7 Å². The maximum atomic E-state index is 12.5. The van der Waals surface area contributed by atoms with Gasteiger partial charge in [0.25, 0.3) is 0 Å². The van der Waals surface area contributed by atoms with Gasteiger partial charge in [0.05, 0.1) is 11.8 Å². The van der Waals surface area contributed by atoms with Crippen LogP contribution in [0.4, 0.5) is 0 Å². The molecule has 1 saturated heterocycles. The molecule has 4 unspecified atom stereocenters. The Morgan fingerprint density at radius 1 is 1.17 bits per heavy atom. The molecule has 1 heterocycles. The van der Waals surface area contributed by atoms with Gasteiger partial charge in [-0.2, -0.15) is 0 Å². The van der Waals surface area contributed by atoms with Crippen LogP contribution in [-0.4, -0.2) is 49.4 Å². The lowest BCUT2D eigenvalue weighted by molar-refractivity contribution is -0.140. The Hall–Kier alpha value is -1.85. The van der Waals surface area contributed by atoms with Crippen LogP contribution in [0.5, 0.6) is 0 Å². The van der Waals surface area contributed by atoms with E-state index in [0.717, 1.165) is 31.8 Å². The van der Waals surface area contributed by atoms with Gasteiger partial charge in [-0.15, -0.1) is 0 Å². The zero-order valence-electron chi connectivity index (χ0n) is 13.9. The van der Waals surface area contributed by atoms with Crippen LogP contribution in [0.15, 0.2) is 17.1 Å². The minimum absolute atomic E-state index is 0.0466. The van der Waals surface area contributed by atoms with Crippen LogP contribution in [0.2, 0.25) is 0 Å². The second-order valence-electron chi connectivity index (χ2n) is 6.61. The highest BCUT2D eigenvalue weighted by Gasteiger charge is 2.58. The normalized spacial score (nSPS) is 31.9. The topological polar surface area (TPSA) is 73.8 Å². The van der Waals surface area contributed by atoms with Crippen LogP contribution in [0.25, 0.3) is 0 Å². The van der Waals surface area contributed by atoms with Crippen molar-refractivity contribution in [3.05, 3.63) is 12.2 Å². The zero-order chi connectivity index (χ0) is 16.4. The van der Waals surface area contributed by atoms with Gasteiger partial charge in [-0.25, -0.2) is 0 Å². The molecule has 1 aliphatic heterocycles. The van der Waals surface area contributed by atoms with Gasteiger partial charge >= 0.3 is 0 Å². The Bertz CT molecular complexity index is 513. The quantitative estimate of drug-likeness (QED) is 0.249. The van der Waals surface area contributed by atoms with Crippen molar-refractivity contribution in [3.8, 4) is 0 Å². The van der Waals surface area contributed by atoms with Gasteiger partial charge in [0.2, 0.25) is 11.8 Å². The maximum Gasteiger partial charge on any atom is 0.233 e. The second-order valence-corrected chi connectivity index (χ2v) is 6.61. The van der Waals surface area contributed by atoms with Crippen molar-refractivity contribution < 1.29 is 9.59 Å². The summed E-state index contributed by atoms with van der Waals surface area (Å²) in [4.78, 5) is 30.7. The van der Waals surface area contributed by atoms with Crippen LogP contribution in [0.3, 0.4) is 0 Å². The number of hydrogen-bond donors (Lipinski definition) is 2. The molecule has 3 rings (SSSR count). The van der Waals surface area contributed by atoms with Gasteiger partial charge in [-0.3, -0.25) is 19.5 Å². The molecule has 0 aromatic carbocycles. The molecule has 0 aromatic heterocycles. The molecule has 2 aliphatic carbocycles. The van der Waals surface area contributed by atoms with E-state index < -0.39 is 0 Å². The number of likely N-dealkylation sites (tertiary alicyclic amines) is 1. The second kappa shape index (κ2) is 6.72. The number of rotatable bonds is 6. The van der Waals surface area contributed by atoms with Crippen LogP contribution >= 0.6 is 0 Å². The van der Waals surface area contributed by atoms with E-state index in [2.05, 4.69) is 34.7 Å². The highest BCUT2D eigenvalue weighted by molar-refractivity contribution is 6.06. The lowest BCUT2D eigenvalue weighted by Crippen LogP contribution is -2.40. The number of carbonyl (C=O) groups excluding carboxylic acids is 2. The first-order chi connectivity index (χ1) is 11.2. The SMILES string of the molecule is CCCNC(=NC)NCCCN1C(=O)C2C3C=CC(C3)C2C1=O. The number of amides is 2. The Balaban J connectivity index is 1.47. The third-order valence-electron chi connectivity index (χ3n) is 5.18. The van der Waals surface area contributed by atoms with Crippen molar-refractivity contribution in [2.24, 2.45) is 28.7 Å². The molecule has 2 amide bonds. The summed E-state index contributed by atoms with van der Waals surface area (Å²) < 4.78 is 0. The molecule has 0 spiro atoms. The first-order valence-electron chi connectivity index (χ1n) is 8.65.